The molecule has 2 atom stereocenters. The summed E-state index contributed by atoms with van der Waals surface area (Å²) >= 11 is 0. The topological polar surface area (TPSA) is 175 Å². The van der Waals surface area contributed by atoms with Gasteiger partial charge in [0.15, 0.2) is 5.82 Å². The number of hydrogen-bond donors (Lipinski definition) is 3. The van der Waals surface area contributed by atoms with E-state index in [0.29, 0.717) is 23.8 Å². The number of rotatable bonds is 12. The summed E-state index contributed by atoms with van der Waals surface area (Å²) in [5.74, 6) is -0.440. The fourth-order valence-corrected chi connectivity index (χ4v) is 7.19. The number of nitrogens with one attached hydrogen (secondary N) is 1. The van der Waals surface area contributed by atoms with Gasteiger partial charge in [0.05, 0.1) is 32.0 Å². The SMILES string of the molecule is CCOP(=O)(C[C@H](NC(=O)c1cc(N2CCCCC2CO)nc(-c2ccccc2)n1)C(=O)N1CCN(C(=O)O)CC1)OCC. The molecule has 0 radical (unpaired) electrons. The summed E-state index contributed by atoms with van der Waals surface area (Å²) in [6.45, 7) is 4.45. The van der Waals surface area contributed by atoms with Crippen molar-refractivity contribution >= 4 is 31.3 Å². The van der Waals surface area contributed by atoms with Crippen LogP contribution in [0.2, 0.25) is 0 Å². The molecule has 2 fully saturated rings. The Hall–Kier alpha value is -3.58. The molecule has 0 aliphatic carbocycles. The molecule has 14 nitrogen and oxygen atoms in total. The molecule has 1 unspecified atom stereocenters. The van der Waals surface area contributed by atoms with Crippen LogP contribution in [0.4, 0.5) is 10.6 Å². The summed E-state index contributed by atoms with van der Waals surface area (Å²) in [6.07, 6.45) is 1.15. The number of piperidine rings is 1. The fraction of sp³-hybridized carbons (Fsp3) is 0.552. The zero-order chi connectivity index (χ0) is 31.7. The molecule has 0 saturated carbocycles. The predicted molar refractivity (Wildman–Crippen MR) is 163 cm³/mol. The van der Waals surface area contributed by atoms with Crippen LogP contribution in [0.3, 0.4) is 0 Å². The van der Waals surface area contributed by atoms with Gasteiger partial charge in [-0.25, -0.2) is 14.8 Å². The Morgan fingerprint density at radius 3 is 2.27 bits per heavy atom. The molecule has 44 heavy (non-hydrogen) atoms. The Kier molecular flexibility index (Phi) is 11.7. The second-order valence-electron chi connectivity index (χ2n) is 10.6. The second-order valence-corrected chi connectivity index (χ2v) is 12.7. The average Bonchev–Trinajstić information content (AvgIpc) is 3.04. The van der Waals surface area contributed by atoms with Gasteiger partial charge < -0.3 is 39.3 Å². The molecule has 3 amide bonds. The van der Waals surface area contributed by atoms with Gasteiger partial charge in [-0.2, -0.15) is 0 Å². The summed E-state index contributed by atoms with van der Waals surface area (Å²) < 4.78 is 24.4. The molecule has 1 aromatic heterocycles. The minimum atomic E-state index is -3.79. The van der Waals surface area contributed by atoms with E-state index in [1.807, 2.05) is 35.2 Å². The lowest BCUT2D eigenvalue weighted by Gasteiger charge is -2.36. The monoisotopic (exact) mass is 632 g/mol. The van der Waals surface area contributed by atoms with E-state index in [9.17, 15) is 29.2 Å². The highest BCUT2D eigenvalue weighted by Gasteiger charge is 2.37. The zero-order valence-corrected chi connectivity index (χ0v) is 26.0. The molecular formula is C29H41N6O8P. The number of piperazine rings is 1. The van der Waals surface area contributed by atoms with Crippen LogP contribution >= 0.6 is 7.60 Å². The first-order valence-corrected chi connectivity index (χ1v) is 16.7. The van der Waals surface area contributed by atoms with E-state index in [-0.39, 0.29) is 57.7 Å². The fourth-order valence-electron chi connectivity index (χ4n) is 5.42. The Morgan fingerprint density at radius 1 is 1.00 bits per heavy atom. The van der Waals surface area contributed by atoms with Gasteiger partial charge in [0.25, 0.3) is 5.91 Å². The Morgan fingerprint density at radius 2 is 1.66 bits per heavy atom. The summed E-state index contributed by atoms with van der Waals surface area (Å²) in [6, 6.07) is 9.24. The number of nitrogens with zero attached hydrogens (tertiary/aromatic N) is 5. The molecule has 2 saturated heterocycles. The van der Waals surface area contributed by atoms with Crippen molar-refractivity contribution in [2.24, 2.45) is 0 Å². The quantitative estimate of drug-likeness (QED) is 0.294. The van der Waals surface area contributed by atoms with Gasteiger partial charge in [0.2, 0.25) is 5.91 Å². The van der Waals surface area contributed by atoms with Crippen LogP contribution in [0.1, 0.15) is 43.6 Å². The van der Waals surface area contributed by atoms with Gasteiger partial charge in [-0.3, -0.25) is 14.2 Å². The standard InChI is InChI=1S/C29H41N6O8P/c1-3-42-44(41,43-4-2)20-24(28(38)33-14-16-34(17-15-33)29(39)40)31-27(37)23-18-25(35-13-9-8-12-22(35)19-36)32-26(30-23)21-10-6-5-7-11-21/h5-7,10-11,18,22,24,36H,3-4,8-9,12-17,19-20H2,1-2H3,(H,31,37)(H,39,40)/t22?,24-/m0/s1. The van der Waals surface area contributed by atoms with E-state index in [1.54, 1.807) is 13.8 Å². The number of amides is 3. The van der Waals surface area contributed by atoms with Crippen molar-refractivity contribution in [1.82, 2.24) is 25.1 Å². The highest BCUT2D eigenvalue weighted by atomic mass is 31.2. The van der Waals surface area contributed by atoms with Crippen LogP contribution in [0.15, 0.2) is 36.4 Å². The summed E-state index contributed by atoms with van der Waals surface area (Å²) in [5, 5.41) is 22.1. The molecule has 2 aliphatic rings. The van der Waals surface area contributed by atoms with Crippen LogP contribution in [-0.4, -0.2) is 119 Å². The smallest absolute Gasteiger partial charge is 0.407 e. The number of aromatic nitrogens is 2. The van der Waals surface area contributed by atoms with E-state index in [4.69, 9.17) is 14.0 Å². The molecule has 3 N–H and O–H groups in total. The predicted octanol–water partition coefficient (Wildman–Crippen LogP) is 2.68. The lowest BCUT2D eigenvalue weighted by Crippen LogP contribution is -2.56. The first kappa shape index (κ1) is 33.3. The first-order valence-electron chi connectivity index (χ1n) is 15.0. The van der Waals surface area contributed by atoms with Crippen molar-refractivity contribution < 1.29 is 38.2 Å². The average molecular weight is 633 g/mol. The van der Waals surface area contributed by atoms with E-state index >= 15 is 0 Å². The minimum absolute atomic E-state index is 0.00716. The van der Waals surface area contributed by atoms with Gasteiger partial charge >= 0.3 is 13.7 Å². The minimum Gasteiger partial charge on any atom is -0.465 e. The number of carboxylic acid groups (broad SMARTS) is 1. The Bertz CT molecular complexity index is 1330. The Labute approximate surface area is 256 Å². The lowest BCUT2D eigenvalue weighted by molar-refractivity contribution is -0.134. The molecule has 3 heterocycles. The van der Waals surface area contributed by atoms with Crippen molar-refractivity contribution in [1.29, 1.82) is 0 Å². The highest BCUT2D eigenvalue weighted by Crippen LogP contribution is 2.48. The number of benzene rings is 1. The summed E-state index contributed by atoms with van der Waals surface area (Å²) in [4.78, 5) is 52.9. The van der Waals surface area contributed by atoms with Crippen LogP contribution < -0.4 is 10.2 Å². The molecular weight excluding hydrogens is 591 g/mol. The summed E-state index contributed by atoms with van der Waals surface area (Å²) in [7, 11) is -3.79. The number of hydrogen-bond acceptors (Lipinski definition) is 10. The van der Waals surface area contributed by atoms with Crippen molar-refractivity contribution in [3.8, 4) is 11.4 Å². The number of anilines is 1. The molecule has 15 heteroatoms. The summed E-state index contributed by atoms with van der Waals surface area (Å²) in [5.41, 5.74) is 0.675. The largest absolute Gasteiger partial charge is 0.465 e. The van der Waals surface area contributed by atoms with E-state index in [0.717, 1.165) is 19.3 Å². The number of carbonyl (C=O) groups is 3. The molecule has 2 aromatic rings. The van der Waals surface area contributed by atoms with Gasteiger partial charge in [-0.1, -0.05) is 30.3 Å². The third-order valence-electron chi connectivity index (χ3n) is 7.63. The first-order chi connectivity index (χ1) is 21.2. The normalized spacial score (nSPS) is 18.2. The molecule has 0 bridgehead atoms. The van der Waals surface area contributed by atoms with Gasteiger partial charge in [0.1, 0.15) is 17.6 Å². The second kappa shape index (κ2) is 15.4. The number of carbonyl (C=O) groups excluding carboxylic acids is 2. The Balaban J connectivity index is 1.67. The van der Waals surface area contributed by atoms with Crippen LogP contribution in [0.25, 0.3) is 11.4 Å². The maximum Gasteiger partial charge on any atom is 0.407 e. The van der Waals surface area contributed by atoms with E-state index in [2.05, 4.69) is 10.3 Å². The van der Waals surface area contributed by atoms with Crippen molar-refractivity contribution in [2.45, 2.75) is 45.2 Å². The van der Waals surface area contributed by atoms with Crippen molar-refractivity contribution in [3.05, 3.63) is 42.1 Å². The molecule has 4 rings (SSSR count). The van der Waals surface area contributed by atoms with Gasteiger partial charge in [-0.05, 0) is 33.1 Å². The maximum absolute atomic E-state index is 13.9. The van der Waals surface area contributed by atoms with E-state index in [1.165, 1.54) is 15.9 Å². The van der Waals surface area contributed by atoms with Crippen molar-refractivity contribution in [2.75, 3.05) is 63.6 Å². The number of aliphatic hydroxyl groups is 1. The van der Waals surface area contributed by atoms with Gasteiger partial charge in [0, 0.05) is 44.4 Å². The maximum atomic E-state index is 13.9. The molecule has 0 spiro atoms. The number of aliphatic hydroxyl groups excluding tert-OH is 1. The third kappa shape index (κ3) is 8.32. The third-order valence-corrected chi connectivity index (χ3v) is 9.75. The van der Waals surface area contributed by atoms with Crippen molar-refractivity contribution in [3.63, 3.8) is 0 Å². The van der Waals surface area contributed by atoms with Crippen LogP contribution in [0, 0.1) is 0 Å². The van der Waals surface area contributed by atoms with Gasteiger partial charge in [-0.15, -0.1) is 0 Å². The molecule has 240 valence electrons. The van der Waals surface area contributed by atoms with E-state index < -0.39 is 37.7 Å². The lowest BCUT2D eigenvalue weighted by atomic mass is 10.0. The molecule has 2 aliphatic heterocycles. The van der Waals surface area contributed by atoms with Crippen LogP contribution in [-0.2, 0) is 18.4 Å². The van der Waals surface area contributed by atoms with Crippen LogP contribution in [0.5, 0.6) is 0 Å². The zero-order valence-electron chi connectivity index (χ0n) is 25.1. The highest BCUT2D eigenvalue weighted by molar-refractivity contribution is 7.54. The molecule has 1 aromatic carbocycles.